The van der Waals surface area contributed by atoms with E-state index < -0.39 is 48.4 Å². The number of nitrogens with zero attached hydrogens (tertiary/aromatic N) is 5. The summed E-state index contributed by atoms with van der Waals surface area (Å²) >= 11 is 0. The molecular weight excluding hydrogens is 453 g/mol. The Balaban J connectivity index is 1.66. The molecule has 0 amide bonds. The van der Waals surface area contributed by atoms with Crippen molar-refractivity contribution in [2.24, 2.45) is 15.7 Å². The normalized spacial score (nSPS) is 23.5. The lowest BCUT2D eigenvalue weighted by Gasteiger charge is -2.38. The number of halogens is 3. The largest absolute Gasteiger partial charge is 0.394 e. The maximum atomic E-state index is 13.6. The summed E-state index contributed by atoms with van der Waals surface area (Å²) in [5, 5.41) is 28.4. The molecular formula is C22H21F3N6O3. The van der Waals surface area contributed by atoms with Crippen molar-refractivity contribution < 1.29 is 28.1 Å². The second-order valence-electron chi connectivity index (χ2n) is 7.56. The molecule has 12 heteroatoms. The molecule has 178 valence electrons. The number of para-hydroxylation sites is 1. The SMILES string of the molecule is NC=NC(=Nc1ccccc1)C1CC(n2cc(-c3cc(F)c(F)c(F)c3)nn2)C(O)C(CO)O1. The van der Waals surface area contributed by atoms with Crippen LogP contribution in [0.5, 0.6) is 0 Å². The minimum atomic E-state index is -1.59. The van der Waals surface area contributed by atoms with Gasteiger partial charge in [0, 0.05) is 12.0 Å². The molecule has 2 aromatic carbocycles. The van der Waals surface area contributed by atoms with Gasteiger partial charge in [-0.2, -0.15) is 0 Å². The van der Waals surface area contributed by atoms with Crippen LogP contribution in [0.1, 0.15) is 12.5 Å². The molecule has 0 spiro atoms. The summed E-state index contributed by atoms with van der Waals surface area (Å²) in [4.78, 5) is 8.56. The highest BCUT2D eigenvalue weighted by molar-refractivity contribution is 5.94. The molecule has 9 nitrogen and oxygen atoms in total. The lowest BCUT2D eigenvalue weighted by atomic mass is 9.95. The zero-order chi connectivity index (χ0) is 24.2. The van der Waals surface area contributed by atoms with Crippen LogP contribution < -0.4 is 5.73 Å². The van der Waals surface area contributed by atoms with Crippen LogP contribution in [0.15, 0.2) is 58.6 Å². The second-order valence-corrected chi connectivity index (χ2v) is 7.56. The van der Waals surface area contributed by atoms with Gasteiger partial charge in [-0.3, -0.25) is 0 Å². The van der Waals surface area contributed by atoms with Crippen molar-refractivity contribution in [2.75, 3.05) is 6.61 Å². The Morgan fingerprint density at radius 2 is 1.91 bits per heavy atom. The molecule has 1 saturated heterocycles. The number of amidine groups is 1. The highest BCUT2D eigenvalue weighted by Gasteiger charge is 2.41. The molecule has 0 bridgehead atoms. The predicted octanol–water partition coefficient (Wildman–Crippen LogP) is 2.13. The molecule has 2 heterocycles. The third-order valence-electron chi connectivity index (χ3n) is 5.37. The van der Waals surface area contributed by atoms with Gasteiger partial charge in [-0.25, -0.2) is 27.8 Å². The Morgan fingerprint density at radius 1 is 1.21 bits per heavy atom. The fourth-order valence-corrected chi connectivity index (χ4v) is 3.71. The molecule has 1 aliphatic heterocycles. The molecule has 4 N–H and O–H groups in total. The van der Waals surface area contributed by atoms with Gasteiger partial charge in [0.25, 0.3) is 0 Å². The summed E-state index contributed by atoms with van der Waals surface area (Å²) in [6.07, 6.45) is -0.445. The lowest BCUT2D eigenvalue weighted by molar-refractivity contribution is -0.137. The monoisotopic (exact) mass is 474 g/mol. The van der Waals surface area contributed by atoms with Crippen LogP contribution >= 0.6 is 0 Å². The third kappa shape index (κ3) is 4.83. The number of rotatable bonds is 5. The van der Waals surface area contributed by atoms with E-state index in [1.165, 1.54) is 10.9 Å². The first kappa shape index (κ1) is 23.5. The van der Waals surface area contributed by atoms with Crippen LogP contribution in [0.4, 0.5) is 18.9 Å². The Hall–Kier alpha value is -3.61. The number of benzene rings is 2. The summed E-state index contributed by atoms with van der Waals surface area (Å²) in [5.41, 5.74) is 6.12. The number of hydrogen-bond acceptors (Lipinski definition) is 6. The van der Waals surface area contributed by atoms with Crippen LogP contribution in [-0.2, 0) is 4.74 Å². The van der Waals surface area contributed by atoms with E-state index in [1.54, 1.807) is 24.3 Å². The topological polar surface area (TPSA) is 131 Å². The fourth-order valence-electron chi connectivity index (χ4n) is 3.71. The molecule has 0 radical (unpaired) electrons. The van der Waals surface area contributed by atoms with Crippen LogP contribution in [0.3, 0.4) is 0 Å². The third-order valence-corrected chi connectivity index (χ3v) is 5.37. The zero-order valence-corrected chi connectivity index (χ0v) is 17.7. The smallest absolute Gasteiger partial charge is 0.194 e. The molecule has 1 aromatic heterocycles. The van der Waals surface area contributed by atoms with Crippen LogP contribution in [0.25, 0.3) is 11.3 Å². The van der Waals surface area contributed by atoms with Gasteiger partial charge in [0.15, 0.2) is 23.3 Å². The average Bonchev–Trinajstić information content (AvgIpc) is 3.33. The van der Waals surface area contributed by atoms with Crippen molar-refractivity contribution in [1.82, 2.24) is 15.0 Å². The van der Waals surface area contributed by atoms with Gasteiger partial charge < -0.3 is 20.7 Å². The maximum absolute atomic E-state index is 13.6. The van der Waals surface area contributed by atoms with E-state index >= 15 is 0 Å². The summed E-state index contributed by atoms with van der Waals surface area (Å²) < 4.78 is 47.7. The van der Waals surface area contributed by atoms with E-state index in [1.807, 2.05) is 6.07 Å². The van der Waals surface area contributed by atoms with Crippen molar-refractivity contribution in [2.45, 2.75) is 30.8 Å². The van der Waals surface area contributed by atoms with Crippen molar-refractivity contribution in [3.63, 3.8) is 0 Å². The molecule has 0 aliphatic carbocycles. The fraction of sp³-hybridized carbons (Fsp3) is 0.273. The standard InChI is InChI=1S/C22H21F3N6O3/c23-14-6-12(7-15(24)20(14)25)16-9-31(30-29-16)17-8-18(34-19(10-32)21(17)33)22(27-11-26)28-13-4-2-1-3-5-13/h1-7,9,11,17-19,21,32-33H,8,10H2,(H2,26,27,28). The molecule has 4 rings (SSSR count). The van der Waals surface area contributed by atoms with E-state index in [0.29, 0.717) is 5.69 Å². The number of hydrogen-bond donors (Lipinski definition) is 3. The Kier molecular flexibility index (Phi) is 7.01. The molecule has 1 aliphatic rings. The Morgan fingerprint density at radius 3 is 2.56 bits per heavy atom. The van der Waals surface area contributed by atoms with E-state index in [-0.39, 0.29) is 23.5 Å². The van der Waals surface area contributed by atoms with Gasteiger partial charge in [0.1, 0.15) is 24.0 Å². The Bertz CT molecular complexity index is 1180. The minimum absolute atomic E-state index is 0.0291. The lowest BCUT2D eigenvalue weighted by Crippen LogP contribution is -2.49. The van der Waals surface area contributed by atoms with Crippen molar-refractivity contribution >= 4 is 17.9 Å². The van der Waals surface area contributed by atoms with E-state index in [4.69, 9.17) is 10.5 Å². The van der Waals surface area contributed by atoms with E-state index in [2.05, 4.69) is 20.3 Å². The Labute approximate surface area is 192 Å². The van der Waals surface area contributed by atoms with Crippen molar-refractivity contribution in [3.8, 4) is 11.3 Å². The van der Waals surface area contributed by atoms with E-state index in [9.17, 15) is 23.4 Å². The summed E-state index contributed by atoms with van der Waals surface area (Å²) in [7, 11) is 0. The predicted molar refractivity (Wildman–Crippen MR) is 117 cm³/mol. The number of ether oxygens (including phenoxy) is 1. The van der Waals surface area contributed by atoms with Gasteiger partial charge in [-0.05, 0) is 24.3 Å². The number of aliphatic imine (C=N–C) groups is 2. The van der Waals surface area contributed by atoms with Crippen LogP contribution in [0, 0.1) is 17.5 Å². The van der Waals surface area contributed by atoms with Gasteiger partial charge in [-0.1, -0.05) is 23.4 Å². The summed E-state index contributed by atoms with van der Waals surface area (Å²) in [6, 6.07) is 9.78. The molecule has 4 atom stereocenters. The molecule has 34 heavy (non-hydrogen) atoms. The highest BCUT2D eigenvalue weighted by Crippen LogP contribution is 2.32. The van der Waals surface area contributed by atoms with Crippen molar-refractivity contribution in [1.29, 1.82) is 0 Å². The average molecular weight is 474 g/mol. The number of nitrogens with two attached hydrogens (primary N) is 1. The van der Waals surface area contributed by atoms with Gasteiger partial charge in [-0.15, -0.1) is 5.10 Å². The van der Waals surface area contributed by atoms with Gasteiger partial charge in [0.05, 0.1) is 30.9 Å². The maximum Gasteiger partial charge on any atom is 0.194 e. The molecule has 3 aromatic rings. The molecule has 1 fully saturated rings. The first-order valence-corrected chi connectivity index (χ1v) is 10.3. The van der Waals surface area contributed by atoms with Crippen molar-refractivity contribution in [3.05, 3.63) is 66.1 Å². The van der Waals surface area contributed by atoms with Crippen LogP contribution in [-0.4, -0.2) is 62.3 Å². The van der Waals surface area contributed by atoms with Gasteiger partial charge >= 0.3 is 0 Å². The quantitative estimate of drug-likeness (QED) is 0.295. The molecule has 0 saturated carbocycles. The number of aliphatic hydroxyl groups excluding tert-OH is 2. The minimum Gasteiger partial charge on any atom is -0.394 e. The first-order chi connectivity index (χ1) is 16.4. The van der Waals surface area contributed by atoms with Crippen LogP contribution in [0.2, 0.25) is 0 Å². The van der Waals surface area contributed by atoms with Gasteiger partial charge in [0.2, 0.25) is 0 Å². The summed E-state index contributed by atoms with van der Waals surface area (Å²) in [5.74, 6) is -4.10. The second kappa shape index (κ2) is 10.1. The first-order valence-electron chi connectivity index (χ1n) is 10.3. The molecule has 4 unspecified atom stereocenters. The highest BCUT2D eigenvalue weighted by atomic mass is 19.2. The van der Waals surface area contributed by atoms with E-state index in [0.717, 1.165) is 18.5 Å². The summed E-state index contributed by atoms with van der Waals surface area (Å²) in [6.45, 7) is -0.505. The zero-order valence-electron chi connectivity index (χ0n) is 17.7. The number of aromatic nitrogens is 3. The number of aliphatic hydroxyl groups is 2.